The first kappa shape index (κ1) is 11.7. The summed E-state index contributed by atoms with van der Waals surface area (Å²) in [4.78, 5) is 0. The van der Waals surface area contributed by atoms with Crippen LogP contribution in [0.4, 0.5) is 0 Å². The molecule has 3 aromatic carbocycles. The predicted molar refractivity (Wildman–Crippen MR) is 89.5 cm³/mol. The van der Waals surface area contributed by atoms with E-state index in [2.05, 4.69) is 73.7 Å². The molecule has 0 saturated heterocycles. The molecule has 0 N–H and O–H groups in total. The van der Waals surface area contributed by atoms with Gasteiger partial charge in [0.15, 0.2) is 0 Å². The summed E-state index contributed by atoms with van der Waals surface area (Å²) in [6.07, 6.45) is 0. The van der Waals surface area contributed by atoms with Crippen molar-refractivity contribution in [2.75, 3.05) is 0 Å². The molecular weight excluding hydrogens is 260 g/mol. The molecule has 0 unspecified atom stereocenters. The van der Waals surface area contributed by atoms with Crippen LogP contribution in [0.25, 0.3) is 31.3 Å². The average molecular weight is 274 g/mol. The normalized spacial score (nSPS) is 11.2. The maximum Gasteiger partial charge on any atom is 0.0390 e. The van der Waals surface area contributed by atoms with E-state index in [1.165, 1.54) is 36.9 Å². The third kappa shape index (κ3) is 1.67. The third-order valence-corrected chi connectivity index (χ3v) is 5.19. The predicted octanol–water partition coefficient (Wildman–Crippen LogP) is 6.03. The molecule has 0 amide bonds. The molecule has 0 aliphatic heterocycles. The van der Waals surface area contributed by atoms with Crippen molar-refractivity contribution in [3.05, 3.63) is 72.3 Å². The number of benzene rings is 3. The first-order chi connectivity index (χ1) is 9.84. The Labute approximate surface area is 122 Å². The number of aryl methyl sites for hydroxylation is 1. The lowest BCUT2D eigenvalue weighted by molar-refractivity contribution is 1.53. The second-order valence-electron chi connectivity index (χ2n) is 5.08. The highest BCUT2D eigenvalue weighted by Crippen LogP contribution is 2.39. The van der Waals surface area contributed by atoms with Crippen LogP contribution in [0.1, 0.15) is 5.56 Å². The fraction of sp³-hybridized carbons (Fsp3) is 0.0526. The van der Waals surface area contributed by atoms with Gasteiger partial charge in [-0.2, -0.15) is 0 Å². The van der Waals surface area contributed by atoms with Gasteiger partial charge in [0.2, 0.25) is 0 Å². The Morgan fingerprint density at radius 1 is 0.700 bits per heavy atom. The van der Waals surface area contributed by atoms with Gasteiger partial charge in [0, 0.05) is 20.2 Å². The summed E-state index contributed by atoms with van der Waals surface area (Å²) >= 11 is 1.90. The summed E-state index contributed by atoms with van der Waals surface area (Å²) in [6, 6.07) is 23.8. The molecular formula is C19H14S. The van der Waals surface area contributed by atoms with Crippen LogP contribution in [0.3, 0.4) is 0 Å². The van der Waals surface area contributed by atoms with Gasteiger partial charge < -0.3 is 0 Å². The monoisotopic (exact) mass is 274 g/mol. The molecule has 0 atom stereocenters. The van der Waals surface area contributed by atoms with Crippen LogP contribution in [0.5, 0.6) is 0 Å². The summed E-state index contributed by atoms with van der Waals surface area (Å²) in [5.41, 5.74) is 4.02. The summed E-state index contributed by atoms with van der Waals surface area (Å²) in [6.45, 7) is 2.24. The molecule has 4 rings (SSSR count). The van der Waals surface area contributed by atoms with Crippen molar-refractivity contribution >= 4 is 31.5 Å². The highest BCUT2D eigenvalue weighted by Gasteiger charge is 2.10. The fourth-order valence-electron chi connectivity index (χ4n) is 2.85. The van der Waals surface area contributed by atoms with Crippen molar-refractivity contribution in [3.8, 4) is 11.1 Å². The lowest BCUT2D eigenvalue weighted by Gasteiger charge is -2.07. The summed E-state index contributed by atoms with van der Waals surface area (Å²) in [5, 5.41) is 2.75. The van der Waals surface area contributed by atoms with Crippen LogP contribution >= 0.6 is 11.3 Å². The molecule has 1 aromatic heterocycles. The molecule has 1 heterocycles. The molecule has 0 nitrogen and oxygen atoms in total. The first-order valence-corrected chi connectivity index (χ1v) is 7.62. The quantitative estimate of drug-likeness (QED) is 0.397. The number of hydrogen-bond donors (Lipinski definition) is 0. The molecule has 0 spiro atoms. The molecule has 96 valence electrons. The smallest absolute Gasteiger partial charge is 0.0390 e. The van der Waals surface area contributed by atoms with Crippen LogP contribution in [0, 0.1) is 6.92 Å². The number of hydrogen-bond acceptors (Lipinski definition) is 1. The molecule has 4 aromatic rings. The molecule has 0 fully saturated rings. The molecule has 0 bridgehead atoms. The Hall–Kier alpha value is -2.12. The van der Waals surface area contributed by atoms with Crippen molar-refractivity contribution in [2.45, 2.75) is 6.92 Å². The minimum Gasteiger partial charge on any atom is -0.135 e. The van der Waals surface area contributed by atoms with Crippen molar-refractivity contribution in [1.29, 1.82) is 0 Å². The van der Waals surface area contributed by atoms with E-state index in [0.717, 1.165) is 0 Å². The minimum absolute atomic E-state index is 1.30. The van der Waals surface area contributed by atoms with Gasteiger partial charge in [-0.3, -0.25) is 0 Å². The van der Waals surface area contributed by atoms with Crippen LogP contribution in [-0.4, -0.2) is 0 Å². The van der Waals surface area contributed by atoms with E-state index in [1.54, 1.807) is 0 Å². The molecule has 0 aliphatic rings. The highest BCUT2D eigenvalue weighted by molar-refractivity contribution is 7.26. The Morgan fingerprint density at radius 2 is 1.45 bits per heavy atom. The largest absolute Gasteiger partial charge is 0.135 e. The van der Waals surface area contributed by atoms with E-state index in [4.69, 9.17) is 0 Å². The SMILES string of the molecule is Cc1c(-c2ccccc2)ccc2c1sc1ccccc12. The van der Waals surface area contributed by atoms with Gasteiger partial charge in [0.25, 0.3) is 0 Å². The zero-order valence-corrected chi connectivity index (χ0v) is 12.1. The van der Waals surface area contributed by atoms with Crippen LogP contribution < -0.4 is 0 Å². The molecule has 20 heavy (non-hydrogen) atoms. The van der Waals surface area contributed by atoms with Crippen LogP contribution in [0.15, 0.2) is 66.7 Å². The van der Waals surface area contributed by atoms with E-state index in [-0.39, 0.29) is 0 Å². The molecule has 0 saturated carbocycles. The van der Waals surface area contributed by atoms with Crippen LogP contribution in [-0.2, 0) is 0 Å². The van der Waals surface area contributed by atoms with E-state index in [9.17, 15) is 0 Å². The first-order valence-electron chi connectivity index (χ1n) is 6.81. The maximum atomic E-state index is 2.27. The number of rotatable bonds is 1. The summed E-state index contributed by atoms with van der Waals surface area (Å²) < 4.78 is 2.78. The molecule has 0 aliphatic carbocycles. The van der Waals surface area contributed by atoms with E-state index >= 15 is 0 Å². The average Bonchev–Trinajstić information content (AvgIpc) is 2.88. The number of thiophene rings is 1. The van der Waals surface area contributed by atoms with Gasteiger partial charge in [-0.1, -0.05) is 60.7 Å². The lowest BCUT2D eigenvalue weighted by Crippen LogP contribution is -1.82. The molecule has 1 heteroatoms. The number of fused-ring (bicyclic) bond motifs is 3. The van der Waals surface area contributed by atoms with E-state index in [1.807, 2.05) is 11.3 Å². The van der Waals surface area contributed by atoms with E-state index < -0.39 is 0 Å². The van der Waals surface area contributed by atoms with Crippen LogP contribution in [0.2, 0.25) is 0 Å². The standard InChI is InChI=1S/C19H14S/c1-13-15(14-7-3-2-4-8-14)11-12-17-16-9-5-6-10-18(16)20-19(13)17/h2-12H,1H3. The zero-order valence-electron chi connectivity index (χ0n) is 11.3. The van der Waals surface area contributed by atoms with Gasteiger partial charge >= 0.3 is 0 Å². The Balaban J connectivity index is 2.07. The second-order valence-corrected chi connectivity index (χ2v) is 6.13. The topological polar surface area (TPSA) is 0 Å². The summed E-state index contributed by atoms with van der Waals surface area (Å²) in [5.74, 6) is 0. The van der Waals surface area contributed by atoms with Crippen molar-refractivity contribution in [1.82, 2.24) is 0 Å². The van der Waals surface area contributed by atoms with Gasteiger partial charge in [-0.25, -0.2) is 0 Å². The summed E-state index contributed by atoms with van der Waals surface area (Å²) in [7, 11) is 0. The van der Waals surface area contributed by atoms with Crippen molar-refractivity contribution in [3.63, 3.8) is 0 Å². The Morgan fingerprint density at radius 3 is 2.30 bits per heavy atom. The minimum atomic E-state index is 1.30. The molecule has 0 radical (unpaired) electrons. The van der Waals surface area contributed by atoms with Gasteiger partial charge in [-0.15, -0.1) is 11.3 Å². The Kier molecular flexibility index (Phi) is 2.61. The highest BCUT2D eigenvalue weighted by atomic mass is 32.1. The third-order valence-electron chi connectivity index (χ3n) is 3.88. The van der Waals surface area contributed by atoms with E-state index in [0.29, 0.717) is 0 Å². The van der Waals surface area contributed by atoms with Gasteiger partial charge in [0.1, 0.15) is 0 Å². The maximum absolute atomic E-state index is 2.27. The Bertz CT molecular complexity index is 901. The second kappa shape index (κ2) is 4.46. The fourth-order valence-corrected chi connectivity index (χ4v) is 4.06. The lowest BCUT2D eigenvalue weighted by atomic mass is 9.98. The van der Waals surface area contributed by atoms with Crippen molar-refractivity contribution < 1.29 is 0 Å². The zero-order chi connectivity index (χ0) is 13.5. The van der Waals surface area contributed by atoms with Gasteiger partial charge in [0.05, 0.1) is 0 Å². The van der Waals surface area contributed by atoms with Gasteiger partial charge in [-0.05, 0) is 29.7 Å². The van der Waals surface area contributed by atoms with Crippen molar-refractivity contribution in [2.24, 2.45) is 0 Å².